The molecule has 8 heteroatoms. The zero-order valence-corrected chi connectivity index (χ0v) is 19.2. The van der Waals surface area contributed by atoms with E-state index in [-0.39, 0.29) is 17.3 Å². The third-order valence-electron chi connectivity index (χ3n) is 7.62. The van der Waals surface area contributed by atoms with Crippen LogP contribution in [0.5, 0.6) is 0 Å². The molecule has 0 aromatic heterocycles. The number of methoxy groups -OCH3 is 1. The van der Waals surface area contributed by atoms with E-state index in [2.05, 4.69) is 0 Å². The number of carbonyl (C=O) groups is 3. The molecule has 0 radical (unpaired) electrons. The molecule has 3 aromatic carbocycles. The molecule has 8 nitrogen and oxygen atoms in total. The zero-order valence-electron chi connectivity index (χ0n) is 19.2. The van der Waals surface area contributed by atoms with Crippen LogP contribution >= 0.6 is 0 Å². The number of hydrogen-bond donors (Lipinski definition) is 0. The normalized spacial score (nSPS) is 22.8. The summed E-state index contributed by atoms with van der Waals surface area (Å²) in [4.78, 5) is 54.6. The predicted molar refractivity (Wildman–Crippen MR) is 131 cm³/mol. The number of anilines is 1. The Hall–Kier alpha value is -4.59. The SMILES string of the molecule is COC(=O)[C@@H]1[C@H](c2ccc([N+](=O)[O-])cc2)C2(C(=O)c3ccccc3C2=O)[C@H]2C=Cc3ccccc3N12. The number of nitro groups is 1. The summed E-state index contributed by atoms with van der Waals surface area (Å²) >= 11 is 0. The standard InChI is InChI=1S/C28H20N2O6/c1-36-27(33)24-23(17-10-13-18(14-11-17)30(34)35)28(25(31)19-7-3-4-8-20(19)26(28)32)22-15-12-16-6-2-5-9-21(16)29(22)24/h2-15,22-24H,1H3/t22-,23+,24+/m1/s1. The molecule has 3 aliphatic rings. The van der Waals surface area contributed by atoms with Crippen molar-refractivity contribution >= 4 is 35.0 Å². The first-order valence-electron chi connectivity index (χ1n) is 11.5. The summed E-state index contributed by atoms with van der Waals surface area (Å²) in [7, 11) is 1.27. The lowest BCUT2D eigenvalue weighted by atomic mass is 9.65. The molecular weight excluding hydrogens is 460 g/mol. The van der Waals surface area contributed by atoms with Gasteiger partial charge in [-0.1, -0.05) is 66.7 Å². The van der Waals surface area contributed by atoms with Crippen LogP contribution in [-0.2, 0) is 9.53 Å². The van der Waals surface area contributed by atoms with E-state index in [0.717, 1.165) is 5.56 Å². The van der Waals surface area contributed by atoms with Crippen LogP contribution in [-0.4, -0.2) is 41.7 Å². The van der Waals surface area contributed by atoms with Crippen molar-refractivity contribution in [2.24, 2.45) is 5.41 Å². The summed E-state index contributed by atoms with van der Waals surface area (Å²) in [5.41, 5.74) is 0.877. The maximum atomic E-state index is 14.3. The second kappa shape index (κ2) is 7.71. The second-order valence-corrected chi connectivity index (χ2v) is 9.14. The van der Waals surface area contributed by atoms with Crippen molar-refractivity contribution in [1.29, 1.82) is 0 Å². The van der Waals surface area contributed by atoms with E-state index in [1.165, 1.54) is 31.4 Å². The van der Waals surface area contributed by atoms with Crippen molar-refractivity contribution in [2.45, 2.75) is 18.0 Å². The summed E-state index contributed by atoms with van der Waals surface area (Å²) in [5.74, 6) is -2.27. The van der Waals surface area contributed by atoms with Crippen molar-refractivity contribution in [1.82, 2.24) is 0 Å². The molecule has 0 N–H and O–H groups in total. The minimum Gasteiger partial charge on any atom is -0.467 e. The van der Waals surface area contributed by atoms with Gasteiger partial charge in [0, 0.05) is 34.9 Å². The number of hydrogen-bond acceptors (Lipinski definition) is 7. The number of benzene rings is 3. The predicted octanol–water partition coefficient (Wildman–Crippen LogP) is 4.20. The van der Waals surface area contributed by atoms with Gasteiger partial charge in [0.25, 0.3) is 5.69 Å². The van der Waals surface area contributed by atoms with Gasteiger partial charge in [0.1, 0.15) is 11.5 Å². The number of nitro benzene ring substituents is 1. The molecule has 0 bridgehead atoms. The molecule has 0 unspecified atom stereocenters. The highest BCUT2D eigenvalue weighted by molar-refractivity contribution is 6.32. The molecule has 1 spiro atoms. The number of esters is 1. The van der Waals surface area contributed by atoms with Gasteiger partial charge in [-0.2, -0.15) is 0 Å². The maximum absolute atomic E-state index is 14.3. The Kier molecular flexibility index (Phi) is 4.69. The molecule has 2 aliphatic heterocycles. The summed E-state index contributed by atoms with van der Waals surface area (Å²) in [6.45, 7) is 0. The van der Waals surface area contributed by atoms with E-state index in [0.29, 0.717) is 22.4 Å². The van der Waals surface area contributed by atoms with Gasteiger partial charge in [0.2, 0.25) is 0 Å². The van der Waals surface area contributed by atoms with Gasteiger partial charge < -0.3 is 9.64 Å². The summed E-state index contributed by atoms with van der Waals surface area (Å²) < 4.78 is 5.23. The highest BCUT2D eigenvalue weighted by Crippen LogP contribution is 2.60. The number of nitrogens with zero attached hydrogens (tertiary/aromatic N) is 2. The topological polar surface area (TPSA) is 107 Å². The lowest BCUT2D eigenvalue weighted by Gasteiger charge is -2.36. The molecule has 3 aromatic rings. The zero-order chi connectivity index (χ0) is 25.2. The van der Waals surface area contributed by atoms with Crippen molar-refractivity contribution in [2.75, 3.05) is 12.0 Å². The first-order chi connectivity index (χ1) is 17.4. The van der Waals surface area contributed by atoms with Gasteiger partial charge in [0.05, 0.1) is 18.1 Å². The second-order valence-electron chi connectivity index (χ2n) is 9.14. The Bertz CT molecular complexity index is 1460. The Labute approximate surface area is 205 Å². The van der Waals surface area contributed by atoms with Gasteiger partial charge in [-0.05, 0) is 17.2 Å². The molecule has 1 aliphatic carbocycles. The van der Waals surface area contributed by atoms with E-state index >= 15 is 0 Å². The van der Waals surface area contributed by atoms with Crippen molar-refractivity contribution < 1.29 is 24.0 Å². The Balaban J connectivity index is 1.66. The average Bonchev–Trinajstić information content (AvgIpc) is 3.35. The molecule has 1 saturated heterocycles. The largest absolute Gasteiger partial charge is 0.467 e. The van der Waals surface area contributed by atoms with Gasteiger partial charge in [-0.15, -0.1) is 0 Å². The van der Waals surface area contributed by atoms with E-state index < -0.39 is 34.3 Å². The minimum atomic E-state index is -1.65. The number of non-ortho nitro benzene ring substituents is 1. The highest BCUT2D eigenvalue weighted by Gasteiger charge is 2.71. The van der Waals surface area contributed by atoms with Crippen LogP contribution < -0.4 is 4.90 Å². The summed E-state index contributed by atoms with van der Waals surface area (Å²) in [6.07, 6.45) is 3.68. The van der Waals surface area contributed by atoms with Crippen LogP contribution in [0.3, 0.4) is 0 Å². The Morgan fingerprint density at radius 1 is 0.944 bits per heavy atom. The number of ketones is 2. The molecule has 178 valence electrons. The Morgan fingerprint density at radius 2 is 1.56 bits per heavy atom. The smallest absolute Gasteiger partial charge is 0.329 e. The van der Waals surface area contributed by atoms with Crippen LogP contribution in [0.2, 0.25) is 0 Å². The minimum absolute atomic E-state index is 0.129. The van der Waals surface area contributed by atoms with Crippen LogP contribution in [0, 0.1) is 15.5 Å². The van der Waals surface area contributed by atoms with Crippen molar-refractivity contribution in [3.8, 4) is 0 Å². The third kappa shape index (κ3) is 2.66. The maximum Gasteiger partial charge on any atom is 0.329 e. The third-order valence-corrected chi connectivity index (χ3v) is 7.62. The first kappa shape index (κ1) is 21.9. The molecule has 36 heavy (non-hydrogen) atoms. The van der Waals surface area contributed by atoms with Gasteiger partial charge in [0.15, 0.2) is 11.6 Å². The number of carbonyl (C=O) groups excluding carboxylic acids is 3. The fraction of sp³-hybridized carbons (Fsp3) is 0.179. The number of Topliss-reactive ketones (excluding diaryl/α,β-unsaturated/α-hetero) is 2. The van der Waals surface area contributed by atoms with E-state index in [4.69, 9.17) is 4.74 Å². The average molecular weight is 480 g/mol. The van der Waals surface area contributed by atoms with E-state index in [1.807, 2.05) is 41.3 Å². The van der Waals surface area contributed by atoms with Crippen molar-refractivity contribution in [3.63, 3.8) is 0 Å². The number of para-hydroxylation sites is 1. The highest BCUT2D eigenvalue weighted by atomic mass is 16.6. The number of ether oxygens (including phenoxy) is 1. The molecule has 1 fully saturated rings. The lowest BCUT2D eigenvalue weighted by Crippen LogP contribution is -2.48. The van der Waals surface area contributed by atoms with Crippen LogP contribution in [0.4, 0.5) is 11.4 Å². The number of rotatable bonds is 3. The van der Waals surface area contributed by atoms with Gasteiger partial charge >= 0.3 is 5.97 Å². The number of fused-ring (bicyclic) bond motifs is 5. The van der Waals surface area contributed by atoms with Crippen LogP contribution in [0.1, 0.15) is 37.8 Å². The first-order valence-corrected chi connectivity index (χ1v) is 11.5. The lowest BCUT2D eigenvalue weighted by molar-refractivity contribution is -0.384. The van der Waals surface area contributed by atoms with Gasteiger partial charge in [-0.25, -0.2) is 4.79 Å². The fourth-order valence-electron chi connectivity index (χ4n) is 6.19. The molecule has 3 atom stereocenters. The summed E-state index contributed by atoms with van der Waals surface area (Å²) in [6, 6.07) is 18.1. The quantitative estimate of drug-likeness (QED) is 0.239. The fourth-order valence-corrected chi connectivity index (χ4v) is 6.19. The van der Waals surface area contributed by atoms with Crippen molar-refractivity contribution in [3.05, 3.63) is 111 Å². The van der Waals surface area contributed by atoms with Gasteiger partial charge in [-0.3, -0.25) is 19.7 Å². The monoisotopic (exact) mass is 480 g/mol. The van der Waals surface area contributed by atoms with E-state index in [9.17, 15) is 24.5 Å². The van der Waals surface area contributed by atoms with Crippen LogP contribution in [0.25, 0.3) is 6.08 Å². The summed E-state index contributed by atoms with van der Waals surface area (Å²) in [5, 5.41) is 11.3. The molecular formula is C28H20N2O6. The Morgan fingerprint density at radius 3 is 2.17 bits per heavy atom. The molecule has 2 heterocycles. The molecule has 6 rings (SSSR count). The van der Waals surface area contributed by atoms with E-state index in [1.54, 1.807) is 24.3 Å². The molecule has 0 saturated carbocycles. The van der Waals surface area contributed by atoms with Crippen LogP contribution in [0.15, 0.2) is 78.9 Å². The molecule has 0 amide bonds.